The van der Waals surface area contributed by atoms with E-state index >= 15 is 0 Å². The Labute approximate surface area is 105 Å². The molecular weight excluding hydrogens is 233 g/mol. The van der Waals surface area contributed by atoms with Crippen LogP contribution in [0, 0.1) is 11.2 Å². The van der Waals surface area contributed by atoms with Gasteiger partial charge in [0.15, 0.2) is 5.78 Å². The summed E-state index contributed by atoms with van der Waals surface area (Å²) in [5.74, 6) is -0.597. The molecule has 18 heavy (non-hydrogen) atoms. The number of aliphatic hydroxyl groups excluding tert-OH is 1. The maximum absolute atomic E-state index is 12.9. The Morgan fingerprint density at radius 3 is 2.39 bits per heavy atom. The number of carbonyl (C=O) groups excluding carboxylic acids is 1. The van der Waals surface area contributed by atoms with Crippen molar-refractivity contribution in [2.24, 2.45) is 10.4 Å². The molecule has 1 N–H and O–H groups in total. The summed E-state index contributed by atoms with van der Waals surface area (Å²) in [5, 5.41) is 10.1. The lowest BCUT2D eigenvalue weighted by atomic mass is 9.76. The summed E-state index contributed by atoms with van der Waals surface area (Å²) in [6.45, 7) is 5.27. The van der Waals surface area contributed by atoms with Gasteiger partial charge < -0.3 is 5.11 Å². The third-order valence-electron chi connectivity index (χ3n) is 3.63. The van der Waals surface area contributed by atoms with Crippen LogP contribution in [0.5, 0.6) is 0 Å². The smallest absolute Gasteiger partial charge is 0.174 e. The molecule has 0 aliphatic carbocycles. The topological polar surface area (TPSA) is 49.7 Å². The minimum absolute atomic E-state index is 0.246. The molecule has 2 rings (SSSR count). The zero-order valence-corrected chi connectivity index (χ0v) is 10.6. The lowest BCUT2D eigenvalue weighted by molar-refractivity contribution is -0.134. The maximum atomic E-state index is 12.9. The van der Waals surface area contributed by atoms with Crippen molar-refractivity contribution in [3.63, 3.8) is 0 Å². The zero-order valence-electron chi connectivity index (χ0n) is 10.6. The van der Waals surface area contributed by atoms with Crippen LogP contribution in [-0.4, -0.2) is 22.7 Å². The highest BCUT2D eigenvalue weighted by Gasteiger charge is 2.43. The average Bonchev–Trinajstić information content (AvgIpc) is 2.33. The number of aliphatic hydroxyl groups is 1. The van der Waals surface area contributed by atoms with E-state index in [1.54, 1.807) is 32.9 Å². The lowest BCUT2D eigenvalue weighted by Crippen LogP contribution is -2.46. The summed E-state index contributed by atoms with van der Waals surface area (Å²) in [4.78, 5) is 16.5. The Kier molecular flexibility index (Phi) is 3.07. The van der Waals surface area contributed by atoms with Crippen LogP contribution in [0.1, 0.15) is 32.4 Å². The van der Waals surface area contributed by atoms with Gasteiger partial charge in [0, 0.05) is 5.71 Å². The number of carbonyl (C=O) groups is 1. The molecule has 4 heteroatoms. The van der Waals surface area contributed by atoms with Crippen LogP contribution in [0.25, 0.3) is 0 Å². The molecule has 1 heterocycles. The van der Waals surface area contributed by atoms with Crippen LogP contribution in [0.4, 0.5) is 4.39 Å². The second-order valence-electron chi connectivity index (χ2n) is 5.14. The van der Waals surface area contributed by atoms with Crippen LogP contribution in [-0.2, 0) is 4.79 Å². The normalized spacial score (nSPS) is 26.9. The Bertz CT molecular complexity index is 505. The van der Waals surface area contributed by atoms with Gasteiger partial charge in [-0.05, 0) is 38.5 Å². The van der Waals surface area contributed by atoms with Crippen molar-refractivity contribution in [2.45, 2.75) is 32.9 Å². The Hall–Kier alpha value is -1.55. The lowest BCUT2D eigenvalue weighted by Gasteiger charge is -2.34. The van der Waals surface area contributed by atoms with E-state index in [-0.39, 0.29) is 11.6 Å². The summed E-state index contributed by atoms with van der Waals surface area (Å²) >= 11 is 0. The highest BCUT2D eigenvalue weighted by Crippen LogP contribution is 2.35. The SMILES string of the molecule is CC1=N[C@@H](c2ccc(F)cc2)[C@H](O)C(=O)C1(C)C. The van der Waals surface area contributed by atoms with E-state index in [9.17, 15) is 14.3 Å². The fourth-order valence-electron chi connectivity index (χ4n) is 2.05. The quantitative estimate of drug-likeness (QED) is 0.830. The molecule has 1 aliphatic heterocycles. The predicted molar refractivity (Wildman–Crippen MR) is 67.0 cm³/mol. The largest absolute Gasteiger partial charge is 0.383 e. The molecular formula is C14H16FNO2. The number of Topliss-reactive ketones (excluding diaryl/α,β-unsaturated/α-hetero) is 1. The van der Waals surface area contributed by atoms with Gasteiger partial charge in [-0.3, -0.25) is 9.79 Å². The summed E-state index contributed by atoms with van der Waals surface area (Å²) in [5.41, 5.74) is 0.592. The summed E-state index contributed by atoms with van der Waals surface area (Å²) < 4.78 is 12.9. The van der Waals surface area contributed by atoms with Crippen LogP contribution in [0.15, 0.2) is 29.3 Å². The van der Waals surface area contributed by atoms with Gasteiger partial charge in [0.25, 0.3) is 0 Å². The molecule has 0 aromatic heterocycles. The Morgan fingerprint density at radius 1 is 1.28 bits per heavy atom. The van der Waals surface area contributed by atoms with Crippen molar-refractivity contribution in [3.8, 4) is 0 Å². The molecule has 0 fully saturated rings. The zero-order chi connectivity index (χ0) is 13.5. The van der Waals surface area contributed by atoms with Gasteiger partial charge in [-0.1, -0.05) is 12.1 Å². The molecule has 1 aliphatic rings. The standard InChI is InChI=1S/C14H16FNO2/c1-8-14(2,3)13(18)12(17)11(16-8)9-4-6-10(15)7-5-9/h4-7,11-12,17H,1-3H3/t11-,12-/m0/s1. The Morgan fingerprint density at radius 2 is 1.83 bits per heavy atom. The van der Waals surface area contributed by atoms with Crippen molar-refractivity contribution in [2.75, 3.05) is 0 Å². The van der Waals surface area contributed by atoms with Crippen molar-refractivity contribution >= 4 is 11.5 Å². The van der Waals surface area contributed by atoms with Crippen LogP contribution in [0.3, 0.4) is 0 Å². The molecule has 0 amide bonds. The fourth-order valence-corrected chi connectivity index (χ4v) is 2.05. The van der Waals surface area contributed by atoms with Crippen LogP contribution in [0.2, 0.25) is 0 Å². The predicted octanol–water partition coefficient (Wildman–Crippen LogP) is 2.30. The summed E-state index contributed by atoms with van der Waals surface area (Å²) in [6, 6.07) is 5.07. The van der Waals surface area contributed by atoms with Gasteiger partial charge >= 0.3 is 0 Å². The molecule has 0 bridgehead atoms. The number of hydrogen-bond donors (Lipinski definition) is 1. The monoisotopic (exact) mass is 249 g/mol. The van der Waals surface area contributed by atoms with Gasteiger partial charge in [0.2, 0.25) is 0 Å². The highest BCUT2D eigenvalue weighted by atomic mass is 19.1. The molecule has 0 saturated heterocycles. The van der Waals surface area contributed by atoms with Gasteiger partial charge in [-0.25, -0.2) is 4.39 Å². The highest BCUT2D eigenvalue weighted by molar-refractivity contribution is 6.11. The third kappa shape index (κ3) is 1.97. The van der Waals surface area contributed by atoms with E-state index in [2.05, 4.69) is 4.99 Å². The van der Waals surface area contributed by atoms with Crippen LogP contribution < -0.4 is 0 Å². The van der Waals surface area contributed by atoms with E-state index in [0.29, 0.717) is 11.3 Å². The minimum atomic E-state index is -1.17. The second-order valence-corrected chi connectivity index (χ2v) is 5.14. The fraction of sp³-hybridized carbons (Fsp3) is 0.429. The van der Waals surface area contributed by atoms with Crippen LogP contribution >= 0.6 is 0 Å². The first kappa shape index (κ1) is 12.9. The molecule has 1 aromatic carbocycles. The number of rotatable bonds is 1. The van der Waals surface area contributed by atoms with Gasteiger partial charge in [0.05, 0.1) is 5.41 Å². The number of nitrogens with zero attached hydrogens (tertiary/aromatic N) is 1. The number of hydrogen-bond acceptors (Lipinski definition) is 3. The number of aliphatic imine (C=N–C) groups is 1. The molecule has 0 saturated carbocycles. The van der Waals surface area contributed by atoms with E-state index < -0.39 is 17.6 Å². The van der Waals surface area contributed by atoms with E-state index in [1.807, 2.05) is 0 Å². The summed E-state index contributed by atoms with van der Waals surface area (Å²) in [6.07, 6.45) is -1.17. The molecule has 0 unspecified atom stereocenters. The molecule has 1 aromatic rings. The van der Waals surface area contributed by atoms with E-state index in [4.69, 9.17) is 0 Å². The van der Waals surface area contributed by atoms with Crippen molar-refractivity contribution in [1.29, 1.82) is 0 Å². The molecule has 3 nitrogen and oxygen atoms in total. The number of ketones is 1. The van der Waals surface area contributed by atoms with Crippen molar-refractivity contribution < 1.29 is 14.3 Å². The van der Waals surface area contributed by atoms with Gasteiger partial charge in [-0.2, -0.15) is 0 Å². The first-order valence-corrected chi connectivity index (χ1v) is 5.87. The molecule has 96 valence electrons. The molecule has 0 spiro atoms. The summed E-state index contributed by atoms with van der Waals surface area (Å²) in [7, 11) is 0. The van der Waals surface area contributed by atoms with E-state index in [1.165, 1.54) is 12.1 Å². The minimum Gasteiger partial charge on any atom is -0.383 e. The van der Waals surface area contributed by atoms with Gasteiger partial charge in [-0.15, -0.1) is 0 Å². The third-order valence-corrected chi connectivity index (χ3v) is 3.63. The molecule has 0 radical (unpaired) electrons. The van der Waals surface area contributed by atoms with Crippen molar-refractivity contribution in [1.82, 2.24) is 0 Å². The van der Waals surface area contributed by atoms with E-state index in [0.717, 1.165) is 0 Å². The first-order valence-electron chi connectivity index (χ1n) is 5.87. The van der Waals surface area contributed by atoms with Gasteiger partial charge in [0.1, 0.15) is 18.0 Å². The Balaban J connectivity index is 2.44. The number of benzene rings is 1. The first-order chi connectivity index (χ1) is 8.34. The average molecular weight is 249 g/mol. The number of halogens is 1. The molecule has 2 atom stereocenters. The maximum Gasteiger partial charge on any atom is 0.174 e. The second kappa shape index (κ2) is 4.28. The van der Waals surface area contributed by atoms with Crippen molar-refractivity contribution in [3.05, 3.63) is 35.6 Å².